The third kappa shape index (κ3) is 6.22. The van der Waals surface area contributed by atoms with Crippen LogP contribution in [0.25, 0.3) is 10.9 Å². The summed E-state index contributed by atoms with van der Waals surface area (Å²) in [7, 11) is 1.57. The van der Waals surface area contributed by atoms with Gasteiger partial charge in [-0.3, -0.25) is 14.7 Å². The van der Waals surface area contributed by atoms with Crippen molar-refractivity contribution in [2.24, 2.45) is 11.1 Å². The standard InChI is InChI=1S/C28H32FN3O3S/c1-35-21-6-7-25-23(16-21)27(20(18-30)19-31-25)24(29)8-9-28(17-26(33)34)10-13-32(14-11-28)12-2-4-22-5-3-15-36-22/h3,5-7,15-16,19,24H,8-14,17-18,30H2,1H3,(H,33,34)/t24-/m0/s1. The smallest absolute Gasteiger partial charge is 0.303 e. The Balaban J connectivity index is 1.47. The summed E-state index contributed by atoms with van der Waals surface area (Å²) < 4.78 is 21.2. The van der Waals surface area contributed by atoms with Crippen LogP contribution in [0.2, 0.25) is 0 Å². The normalized spacial score (nSPS) is 16.3. The number of likely N-dealkylation sites (tertiary alicyclic amines) is 1. The third-order valence-electron chi connectivity index (χ3n) is 7.14. The van der Waals surface area contributed by atoms with E-state index < -0.39 is 17.6 Å². The Morgan fingerprint density at radius 3 is 2.83 bits per heavy atom. The predicted octanol–water partition coefficient (Wildman–Crippen LogP) is 5.16. The minimum Gasteiger partial charge on any atom is -0.497 e. The lowest BCUT2D eigenvalue weighted by molar-refractivity contribution is -0.141. The van der Waals surface area contributed by atoms with E-state index in [-0.39, 0.29) is 19.4 Å². The van der Waals surface area contributed by atoms with Crippen LogP contribution in [0.4, 0.5) is 4.39 Å². The first-order valence-corrected chi connectivity index (χ1v) is 13.1. The van der Waals surface area contributed by atoms with Crippen molar-refractivity contribution in [3.8, 4) is 17.6 Å². The Kier molecular flexibility index (Phi) is 8.57. The summed E-state index contributed by atoms with van der Waals surface area (Å²) in [6, 6.07) is 9.39. The van der Waals surface area contributed by atoms with E-state index >= 15 is 4.39 Å². The predicted molar refractivity (Wildman–Crippen MR) is 141 cm³/mol. The summed E-state index contributed by atoms with van der Waals surface area (Å²) in [6.45, 7) is 2.34. The van der Waals surface area contributed by atoms with E-state index in [1.807, 2.05) is 23.6 Å². The van der Waals surface area contributed by atoms with Gasteiger partial charge in [0, 0.05) is 23.7 Å². The number of carbonyl (C=O) groups is 1. The Hall–Kier alpha value is -2.99. The van der Waals surface area contributed by atoms with Crippen molar-refractivity contribution in [2.45, 2.75) is 44.8 Å². The van der Waals surface area contributed by atoms with Gasteiger partial charge in [0.25, 0.3) is 0 Å². The molecule has 1 saturated heterocycles. The Morgan fingerprint density at radius 2 is 2.17 bits per heavy atom. The Labute approximate surface area is 215 Å². The highest BCUT2D eigenvalue weighted by Gasteiger charge is 2.37. The molecule has 0 unspecified atom stereocenters. The van der Waals surface area contributed by atoms with Crippen LogP contribution in [0.5, 0.6) is 5.75 Å². The third-order valence-corrected chi connectivity index (χ3v) is 7.92. The van der Waals surface area contributed by atoms with Crippen LogP contribution in [0.3, 0.4) is 0 Å². The lowest BCUT2D eigenvalue weighted by Gasteiger charge is -2.41. The first-order chi connectivity index (χ1) is 17.4. The lowest BCUT2D eigenvalue weighted by atomic mass is 9.71. The zero-order chi connectivity index (χ0) is 25.5. The van der Waals surface area contributed by atoms with Crippen molar-refractivity contribution in [3.63, 3.8) is 0 Å². The van der Waals surface area contributed by atoms with Gasteiger partial charge in [-0.05, 0) is 79.4 Å². The molecule has 2 aromatic heterocycles. The molecule has 8 heteroatoms. The van der Waals surface area contributed by atoms with Gasteiger partial charge in [0.05, 0.1) is 30.5 Å². The molecule has 0 spiro atoms. The lowest BCUT2D eigenvalue weighted by Crippen LogP contribution is -2.41. The minimum absolute atomic E-state index is 0.0447. The summed E-state index contributed by atoms with van der Waals surface area (Å²) in [6.07, 6.45) is 2.55. The molecule has 36 heavy (non-hydrogen) atoms. The SMILES string of the molecule is COc1ccc2ncc(CN)c([C@@H](F)CCC3(CC(=O)O)CCN(CC#Cc4cccs4)CC3)c2c1. The van der Waals surface area contributed by atoms with E-state index in [4.69, 9.17) is 10.5 Å². The van der Waals surface area contributed by atoms with Crippen LogP contribution < -0.4 is 10.5 Å². The summed E-state index contributed by atoms with van der Waals surface area (Å²) in [5.74, 6) is 6.19. The van der Waals surface area contributed by atoms with E-state index in [1.54, 1.807) is 36.8 Å². The number of carboxylic acid groups (broad SMARTS) is 1. The number of benzene rings is 1. The number of nitrogens with two attached hydrogens (primary N) is 1. The molecule has 3 heterocycles. The van der Waals surface area contributed by atoms with Crippen molar-refractivity contribution >= 4 is 28.2 Å². The number of ether oxygens (including phenoxy) is 1. The number of thiophene rings is 1. The number of alkyl halides is 1. The van der Waals surface area contributed by atoms with Gasteiger partial charge in [0.2, 0.25) is 0 Å². The number of hydrogen-bond acceptors (Lipinski definition) is 6. The quantitative estimate of drug-likeness (QED) is 0.387. The number of piperidine rings is 1. The van der Waals surface area contributed by atoms with Gasteiger partial charge in [-0.2, -0.15) is 0 Å². The molecule has 4 rings (SSSR count). The molecule has 1 aromatic carbocycles. The van der Waals surface area contributed by atoms with E-state index in [2.05, 4.69) is 21.7 Å². The van der Waals surface area contributed by atoms with Gasteiger partial charge in [0.1, 0.15) is 11.9 Å². The van der Waals surface area contributed by atoms with Gasteiger partial charge in [-0.25, -0.2) is 4.39 Å². The fourth-order valence-electron chi connectivity index (χ4n) is 5.08. The van der Waals surface area contributed by atoms with Crippen LogP contribution in [0.15, 0.2) is 41.9 Å². The fraction of sp³-hybridized carbons (Fsp3) is 0.429. The number of nitrogens with zero attached hydrogens (tertiary/aromatic N) is 2. The first-order valence-electron chi connectivity index (χ1n) is 12.2. The summed E-state index contributed by atoms with van der Waals surface area (Å²) >= 11 is 1.62. The molecule has 1 aliphatic rings. The second kappa shape index (κ2) is 11.8. The number of rotatable bonds is 9. The van der Waals surface area contributed by atoms with Crippen LogP contribution in [-0.2, 0) is 11.3 Å². The molecule has 1 fully saturated rings. The molecule has 0 saturated carbocycles. The average molecular weight is 510 g/mol. The van der Waals surface area contributed by atoms with Crippen molar-refractivity contribution in [1.29, 1.82) is 0 Å². The molecule has 1 atom stereocenters. The van der Waals surface area contributed by atoms with Gasteiger partial charge in [-0.1, -0.05) is 17.9 Å². The second-order valence-electron chi connectivity index (χ2n) is 9.42. The monoisotopic (exact) mass is 509 g/mol. The first kappa shape index (κ1) is 26.1. The largest absolute Gasteiger partial charge is 0.497 e. The topological polar surface area (TPSA) is 88.7 Å². The molecule has 1 aliphatic heterocycles. The number of fused-ring (bicyclic) bond motifs is 1. The maximum absolute atomic E-state index is 15.9. The van der Waals surface area contributed by atoms with E-state index in [0.717, 1.165) is 18.0 Å². The average Bonchev–Trinajstić information content (AvgIpc) is 3.40. The molecular formula is C28H32FN3O3S. The molecular weight excluding hydrogens is 477 g/mol. The number of hydrogen-bond donors (Lipinski definition) is 2. The van der Waals surface area contributed by atoms with Crippen molar-refractivity contribution in [2.75, 3.05) is 26.7 Å². The highest BCUT2D eigenvalue weighted by atomic mass is 32.1. The molecule has 0 radical (unpaired) electrons. The zero-order valence-corrected chi connectivity index (χ0v) is 21.3. The Morgan fingerprint density at radius 1 is 1.36 bits per heavy atom. The zero-order valence-electron chi connectivity index (χ0n) is 20.5. The molecule has 3 N–H and O–H groups in total. The number of pyridine rings is 1. The highest BCUT2D eigenvalue weighted by Crippen LogP contribution is 2.43. The van der Waals surface area contributed by atoms with Crippen LogP contribution >= 0.6 is 11.3 Å². The van der Waals surface area contributed by atoms with E-state index in [0.29, 0.717) is 53.6 Å². The second-order valence-corrected chi connectivity index (χ2v) is 10.4. The number of aromatic nitrogens is 1. The maximum atomic E-state index is 15.9. The van der Waals surface area contributed by atoms with E-state index in [1.165, 1.54) is 0 Å². The highest BCUT2D eigenvalue weighted by molar-refractivity contribution is 7.10. The summed E-state index contributed by atoms with van der Waals surface area (Å²) in [5, 5.41) is 12.3. The van der Waals surface area contributed by atoms with Gasteiger partial charge >= 0.3 is 5.97 Å². The molecule has 0 amide bonds. The molecule has 190 valence electrons. The fourth-order valence-corrected chi connectivity index (χ4v) is 5.67. The van der Waals surface area contributed by atoms with Gasteiger partial charge in [-0.15, -0.1) is 11.3 Å². The molecule has 6 nitrogen and oxygen atoms in total. The van der Waals surface area contributed by atoms with E-state index in [9.17, 15) is 9.90 Å². The number of aliphatic carboxylic acids is 1. The number of carboxylic acids is 1. The van der Waals surface area contributed by atoms with Crippen molar-refractivity contribution in [1.82, 2.24) is 9.88 Å². The summed E-state index contributed by atoms with van der Waals surface area (Å²) in [5.41, 5.74) is 7.38. The maximum Gasteiger partial charge on any atom is 0.303 e. The van der Waals surface area contributed by atoms with Crippen LogP contribution in [0, 0.1) is 17.3 Å². The number of halogens is 1. The number of methoxy groups -OCH3 is 1. The summed E-state index contributed by atoms with van der Waals surface area (Å²) in [4.78, 5) is 19.5. The molecule has 3 aromatic rings. The molecule has 0 aliphatic carbocycles. The minimum atomic E-state index is -1.28. The molecule has 0 bridgehead atoms. The van der Waals surface area contributed by atoms with Crippen molar-refractivity contribution < 1.29 is 19.0 Å². The van der Waals surface area contributed by atoms with Crippen LogP contribution in [-0.4, -0.2) is 47.7 Å². The van der Waals surface area contributed by atoms with Crippen molar-refractivity contribution in [3.05, 3.63) is 57.9 Å². The van der Waals surface area contributed by atoms with Crippen LogP contribution in [0.1, 0.15) is 54.3 Å². The van der Waals surface area contributed by atoms with Gasteiger partial charge in [0.15, 0.2) is 0 Å². The Bertz CT molecular complexity index is 1240. The van der Waals surface area contributed by atoms with Gasteiger partial charge < -0.3 is 15.6 Å².